The molecule has 0 saturated carbocycles. The molecule has 0 bridgehead atoms. The molecule has 0 radical (unpaired) electrons. The molecule has 32 heavy (non-hydrogen) atoms. The van der Waals surface area contributed by atoms with Gasteiger partial charge < -0.3 is 20.4 Å². The molecule has 0 spiro atoms. The van der Waals surface area contributed by atoms with Gasteiger partial charge in [-0.3, -0.25) is 9.67 Å². The molecule has 1 saturated heterocycles. The number of guanidine groups is 1. The van der Waals surface area contributed by atoms with E-state index in [1.165, 1.54) is 16.8 Å². The van der Waals surface area contributed by atoms with Crippen LogP contribution in [0.3, 0.4) is 0 Å². The van der Waals surface area contributed by atoms with Crippen LogP contribution in [0, 0.1) is 13.8 Å². The molecule has 3 aromatic rings. The zero-order valence-corrected chi connectivity index (χ0v) is 21.5. The van der Waals surface area contributed by atoms with Gasteiger partial charge >= 0.3 is 0 Å². The quantitative estimate of drug-likeness (QED) is 0.219. The highest BCUT2D eigenvalue weighted by molar-refractivity contribution is 14.0. The Morgan fingerprint density at radius 2 is 1.88 bits per heavy atom. The van der Waals surface area contributed by atoms with Crippen molar-refractivity contribution in [2.75, 3.05) is 56.5 Å². The molecule has 1 aliphatic rings. The zero-order chi connectivity index (χ0) is 21.8. The SMILES string of the molecule is CN=C(NCCNc1ncnc2c1cnn2C)N1CCN(c2cccc(C)c2C)CC1.I. The van der Waals surface area contributed by atoms with Gasteiger partial charge in [0, 0.05) is 59.1 Å². The van der Waals surface area contributed by atoms with E-state index < -0.39 is 0 Å². The van der Waals surface area contributed by atoms with Gasteiger partial charge in [-0.05, 0) is 31.0 Å². The molecular formula is C22H32IN9. The Morgan fingerprint density at radius 1 is 1.09 bits per heavy atom. The Balaban J connectivity index is 0.00000289. The predicted molar refractivity (Wildman–Crippen MR) is 141 cm³/mol. The summed E-state index contributed by atoms with van der Waals surface area (Å²) in [7, 11) is 3.72. The largest absolute Gasteiger partial charge is 0.368 e. The molecule has 0 aliphatic carbocycles. The lowest BCUT2D eigenvalue weighted by atomic mass is 10.1. The van der Waals surface area contributed by atoms with Crippen molar-refractivity contribution in [1.82, 2.24) is 30.0 Å². The average Bonchev–Trinajstić information content (AvgIpc) is 3.18. The van der Waals surface area contributed by atoms with Crippen LogP contribution in [0.25, 0.3) is 11.0 Å². The molecule has 2 aromatic heterocycles. The van der Waals surface area contributed by atoms with Crippen molar-refractivity contribution in [2.45, 2.75) is 13.8 Å². The minimum Gasteiger partial charge on any atom is -0.368 e. The first kappa shape index (κ1) is 24.0. The van der Waals surface area contributed by atoms with E-state index in [4.69, 9.17) is 0 Å². The Kier molecular flexibility index (Phi) is 8.10. The maximum atomic E-state index is 4.49. The van der Waals surface area contributed by atoms with Gasteiger partial charge in [-0.2, -0.15) is 5.10 Å². The molecule has 1 fully saturated rings. The summed E-state index contributed by atoms with van der Waals surface area (Å²) in [5, 5.41) is 12.0. The highest BCUT2D eigenvalue weighted by Crippen LogP contribution is 2.24. The van der Waals surface area contributed by atoms with Crippen molar-refractivity contribution in [1.29, 1.82) is 0 Å². The fourth-order valence-corrected chi connectivity index (χ4v) is 4.03. The molecular weight excluding hydrogens is 517 g/mol. The number of benzene rings is 1. The number of fused-ring (bicyclic) bond motifs is 1. The van der Waals surface area contributed by atoms with Gasteiger partial charge in [0.1, 0.15) is 12.1 Å². The van der Waals surface area contributed by atoms with Crippen molar-refractivity contribution in [3.63, 3.8) is 0 Å². The summed E-state index contributed by atoms with van der Waals surface area (Å²) in [5.74, 6) is 1.74. The summed E-state index contributed by atoms with van der Waals surface area (Å²) in [4.78, 5) is 17.9. The number of nitrogens with zero attached hydrogens (tertiary/aromatic N) is 7. The number of aromatic nitrogens is 4. The van der Waals surface area contributed by atoms with Crippen LogP contribution >= 0.6 is 24.0 Å². The molecule has 1 aromatic carbocycles. The topological polar surface area (TPSA) is 86.5 Å². The van der Waals surface area contributed by atoms with Gasteiger partial charge in [0.15, 0.2) is 11.6 Å². The van der Waals surface area contributed by atoms with Crippen LogP contribution in [0.2, 0.25) is 0 Å². The van der Waals surface area contributed by atoms with E-state index in [-0.39, 0.29) is 24.0 Å². The van der Waals surface area contributed by atoms with Gasteiger partial charge in [-0.1, -0.05) is 12.1 Å². The highest BCUT2D eigenvalue weighted by atomic mass is 127. The Morgan fingerprint density at radius 3 is 2.62 bits per heavy atom. The van der Waals surface area contributed by atoms with Gasteiger partial charge in [0.25, 0.3) is 0 Å². The molecule has 0 unspecified atom stereocenters. The summed E-state index contributed by atoms with van der Waals surface area (Å²) in [6, 6.07) is 6.55. The summed E-state index contributed by atoms with van der Waals surface area (Å²) in [5.41, 5.74) is 4.88. The lowest BCUT2D eigenvalue weighted by molar-refractivity contribution is 0.373. The van der Waals surface area contributed by atoms with Crippen LogP contribution in [0.1, 0.15) is 11.1 Å². The van der Waals surface area contributed by atoms with Crippen LogP contribution in [0.15, 0.2) is 35.7 Å². The third-order valence-corrected chi connectivity index (χ3v) is 5.94. The molecule has 172 valence electrons. The first-order valence-electron chi connectivity index (χ1n) is 10.7. The molecule has 1 aliphatic heterocycles. The summed E-state index contributed by atoms with van der Waals surface area (Å²) in [6.45, 7) is 9.73. The molecule has 3 heterocycles. The number of aryl methyl sites for hydroxylation is 2. The monoisotopic (exact) mass is 549 g/mol. The van der Waals surface area contributed by atoms with Crippen molar-refractivity contribution in [3.05, 3.63) is 41.9 Å². The number of aliphatic imine (C=N–C) groups is 1. The first-order valence-corrected chi connectivity index (χ1v) is 10.7. The number of rotatable bonds is 5. The van der Waals surface area contributed by atoms with E-state index in [0.717, 1.165) is 62.1 Å². The van der Waals surface area contributed by atoms with Crippen molar-refractivity contribution >= 4 is 52.5 Å². The minimum absolute atomic E-state index is 0. The van der Waals surface area contributed by atoms with Crippen molar-refractivity contribution in [2.24, 2.45) is 12.0 Å². The number of anilines is 2. The van der Waals surface area contributed by atoms with Crippen LogP contribution in [-0.2, 0) is 7.05 Å². The second kappa shape index (κ2) is 10.8. The van der Waals surface area contributed by atoms with Gasteiger partial charge in [0.05, 0.1) is 11.6 Å². The molecule has 9 nitrogen and oxygen atoms in total. The third-order valence-electron chi connectivity index (χ3n) is 5.94. The highest BCUT2D eigenvalue weighted by Gasteiger charge is 2.21. The maximum Gasteiger partial charge on any atom is 0.193 e. The number of nitrogens with one attached hydrogen (secondary N) is 2. The summed E-state index contributed by atoms with van der Waals surface area (Å²) >= 11 is 0. The molecule has 2 N–H and O–H groups in total. The van der Waals surface area contributed by atoms with E-state index in [1.54, 1.807) is 17.2 Å². The van der Waals surface area contributed by atoms with Gasteiger partial charge in [-0.25, -0.2) is 9.97 Å². The van der Waals surface area contributed by atoms with Crippen LogP contribution in [-0.4, -0.2) is 76.9 Å². The molecule has 0 atom stereocenters. The number of halogens is 1. The van der Waals surface area contributed by atoms with E-state index >= 15 is 0 Å². The predicted octanol–water partition coefficient (Wildman–Crippen LogP) is 2.41. The molecule has 4 rings (SSSR count). The smallest absolute Gasteiger partial charge is 0.193 e. The zero-order valence-electron chi connectivity index (χ0n) is 19.2. The first-order chi connectivity index (χ1) is 15.1. The summed E-state index contributed by atoms with van der Waals surface area (Å²) < 4.78 is 1.75. The Bertz CT molecular complexity index is 1070. The standard InChI is InChI=1S/C22H31N9.HI/c1-16-6-5-7-19(17(16)2)30-10-12-31(13-11-30)22(23-3)25-9-8-24-20-18-14-28-29(4)21(18)27-15-26-20;/h5-7,14-15H,8-13H2,1-4H3,(H,23,25)(H,24,26,27);1H. The molecule has 10 heteroatoms. The van der Waals surface area contributed by atoms with E-state index in [0.29, 0.717) is 0 Å². The van der Waals surface area contributed by atoms with Crippen molar-refractivity contribution in [3.8, 4) is 0 Å². The number of piperazine rings is 1. The van der Waals surface area contributed by atoms with Gasteiger partial charge in [-0.15, -0.1) is 24.0 Å². The lowest BCUT2D eigenvalue weighted by Gasteiger charge is -2.38. The van der Waals surface area contributed by atoms with Crippen molar-refractivity contribution < 1.29 is 0 Å². The van der Waals surface area contributed by atoms with Gasteiger partial charge in [0.2, 0.25) is 0 Å². The summed E-state index contributed by atoms with van der Waals surface area (Å²) in [6.07, 6.45) is 3.35. The van der Waals surface area contributed by atoms with E-state index in [1.807, 2.05) is 14.1 Å². The van der Waals surface area contributed by atoms with E-state index in [9.17, 15) is 0 Å². The number of hydrogen-bond acceptors (Lipinski definition) is 6. The molecule has 0 amide bonds. The Labute approximate surface area is 206 Å². The fourth-order valence-electron chi connectivity index (χ4n) is 4.03. The third kappa shape index (κ3) is 5.05. The second-order valence-corrected chi connectivity index (χ2v) is 7.82. The van der Waals surface area contributed by atoms with E-state index in [2.05, 4.69) is 72.5 Å². The van der Waals surface area contributed by atoms with Crippen LogP contribution < -0.4 is 15.5 Å². The second-order valence-electron chi connectivity index (χ2n) is 7.82. The normalized spacial score (nSPS) is 14.4. The average molecular weight is 549 g/mol. The maximum absolute atomic E-state index is 4.49. The minimum atomic E-state index is 0. The Hall–Kier alpha value is -2.63. The van der Waals surface area contributed by atoms with Crippen LogP contribution in [0.4, 0.5) is 11.5 Å². The van der Waals surface area contributed by atoms with Crippen LogP contribution in [0.5, 0.6) is 0 Å². The fraction of sp³-hybridized carbons (Fsp3) is 0.455. The lowest BCUT2D eigenvalue weighted by Crippen LogP contribution is -2.53. The number of hydrogen-bond donors (Lipinski definition) is 2.